The number of benzene rings is 2. The summed E-state index contributed by atoms with van der Waals surface area (Å²) in [6, 6.07) is 20.5. The first-order valence-corrected chi connectivity index (χ1v) is 11.3. The van der Waals surface area contributed by atoms with Gasteiger partial charge in [-0.2, -0.15) is 5.26 Å². The second kappa shape index (κ2) is 8.86. The lowest BCUT2D eigenvalue weighted by molar-refractivity contribution is -0.00937. The third kappa shape index (κ3) is 3.79. The Labute approximate surface area is 198 Å². The maximum Gasteiger partial charge on any atom is 0.253 e. The average molecular weight is 462 g/mol. The molecule has 1 atom stereocenters. The van der Waals surface area contributed by atoms with Crippen LogP contribution in [0.5, 0.6) is 11.5 Å². The summed E-state index contributed by atoms with van der Waals surface area (Å²) in [4.78, 5) is 14.9. The van der Waals surface area contributed by atoms with Crippen molar-refractivity contribution in [1.29, 1.82) is 5.26 Å². The molecular formula is C26H27N3O5. The van der Waals surface area contributed by atoms with E-state index in [0.717, 1.165) is 17.1 Å². The molecular weight excluding hydrogens is 434 g/mol. The van der Waals surface area contributed by atoms with E-state index in [0.29, 0.717) is 42.9 Å². The molecule has 2 aromatic carbocycles. The van der Waals surface area contributed by atoms with E-state index in [1.165, 1.54) is 0 Å². The quantitative estimate of drug-likeness (QED) is 0.605. The number of hydrogen-bond donors (Lipinski definition) is 2. The van der Waals surface area contributed by atoms with Gasteiger partial charge in [-0.25, -0.2) is 0 Å². The van der Waals surface area contributed by atoms with Crippen molar-refractivity contribution in [2.24, 2.45) is 0 Å². The van der Waals surface area contributed by atoms with Crippen LogP contribution in [0.2, 0.25) is 0 Å². The molecule has 8 heteroatoms. The zero-order chi connectivity index (χ0) is 23.7. The number of nitrogens with zero attached hydrogens (tertiary/aromatic N) is 3. The number of fused-ring (bicyclic) bond motifs is 4. The van der Waals surface area contributed by atoms with Crippen LogP contribution >= 0.6 is 0 Å². The molecule has 1 saturated heterocycles. The molecule has 176 valence electrons. The first-order valence-electron chi connectivity index (χ1n) is 11.3. The number of ether oxygens (including phenoxy) is 2. The van der Waals surface area contributed by atoms with Crippen LogP contribution in [0, 0.1) is 11.3 Å². The van der Waals surface area contributed by atoms with Crippen LogP contribution in [-0.2, 0) is 5.60 Å². The highest BCUT2D eigenvalue weighted by atomic mass is 16.5. The number of aliphatic hydroxyl groups is 2. The number of piperidine rings is 1. The minimum absolute atomic E-state index is 0. The lowest BCUT2D eigenvalue weighted by Crippen LogP contribution is -2.50. The monoisotopic (exact) mass is 461 g/mol. The van der Waals surface area contributed by atoms with Crippen molar-refractivity contribution in [3.8, 4) is 23.3 Å². The number of carbonyl (C=O) groups excluding carboxylic acids is 1. The lowest BCUT2D eigenvalue weighted by Gasteiger charge is -2.45. The SMILES string of the molecule is N#Cc1ccc2n1-c1ccccc1OC21CCN(C(=O)c2ccc(OC[C@H](O)CO)cc2)CC1.[HH]. The zero-order valence-corrected chi connectivity index (χ0v) is 18.6. The van der Waals surface area contributed by atoms with Crippen molar-refractivity contribution in [1.82, 2.24) is 9.47 Å². The molecule has 1 fully saturated rings. The number of nitriles is 1. The number of likely N-dealkylation sites (tertiary alicyclic amines) is 1. The van der Waals surface area contributed by atoms with Gasteiger partial charge in [-0.15, -0.1) is 0 Å². The molecule has 2 aliphatic heterocycles. The van der Waals surface area contributed by atoms with Crippen LogP contribution in [-0.4, -0.2) is 58.0 Å². The minimum atomic E-state index is -0.943. The van der Waals surface area contributed by atoms with Crippen molar-refractivity contribution < 1.29 is 25.9 Å². The molecule has 34 heavy (non-hydrogen) atoms. The smallest absolute Gasteiger partial charge is 0.253 e. The van der Waals surface area contributed by atoms with E-state index >= 15 is 0 Å². The molecule has 2 aliphatic rings. The third-order valence-corrected chi connectivity index (χ3v) is 6.49. The van der Waals surface area contributed by atoms with Crippen LogP contribution in [0.25, 0.3) is 5.69 Å². The molecule has 8 nitrogen and oxygen atoms in total. The number of rotatable bonds is 5. The van der Waals surface area contributed by atoms with E-state index in [-0.39, 0.29) is 20.5 Å². The van der Waals surface area contributed by atoms with Crippen molar-refractivity contribution in [2.45, 2.75) is 24.5 Å². The fraction of sp³-hybridized carbons (Fsp3) is 0.308. The number of carbonyl (C=O) groups is 1. The molecule has 1 amide bonds. The number of amides is 1. The second-order valence-electron chi connectivity index (χ2n) is 8.58. The highest BCUT2D eigenvalue weighted by Crippen LogP contribution is 2.45. The Morgan fingerprint density at radius 3 is 2.59 bits per heavy atom. The number of aliphatic hydroxyl groups excluding tert-OH is 2. The molecule has 1 aromatic heterocycles. The van der Waals surface area contributed by atoms with E-state index in [1.54, 1.807) is 24.3 Å². The predicted octanol–water partition coefficient (Wildman–Crippen LogP) is 2.85. The van der Waals surface area contributed by atoms with E-state index in [4.69, 9.17) is 14.6 Å². The Kier molecular flexibility index (Phi) is 5.74. The third-order valence-electron chi connectivity index (χ3n) is 6.49. The highest BCUT2D eigenvalue weighted by Gasteiger charge is 2.45. The standard InChI is InChI=1S/C26H25N3O5.H2/c27-15-19-7-10-24-26(34-23-4-2-1-3-22(23)29(19)24)11-13-28(14-12-26)25(32)18-5-8-21(9-6-18)33-17-20(31)16-30;/h1-10,20,30-31H,11-14,16-17H2;1H/t20-;/m1./s1. The Morgan fingerprint density at radius 1 is 1.15 bits per heavy atom. The van der Waals surface area contributed by atoms with Crippen LogP contribution < -0.4 is 9.47 Å². The Balaban J connectivity index is 0.00000289. The first kappa shape index (κ1) is 22.0. The first-order chi connectivity index (χ1) is 16.5. The molecule has 2 N–H and O–H groups in total. The molecule has 0 aliphatic carbocycles. The largest absolute Gasteiger partial charge is 0.491 e. The van der Waals surface area contributed by atoms with Crippen molar-refractivity contribution >= 4 is 5.91 Å². The number of hydrogen-bond acceptors (Lipinski definition) is 6. The van der Waals surface area contributed by atoms with Crippen LogP contribution in [0.4, 0.5) is 0 Å². The van der Waals surface area contributed by atoms with Gasteiger partial charge in [0.25, 0.3) is 5.91 Å². The number of para-hydroxylation sites is 2. The van der Waals surface area contributed by atoms with Crippen LogP contribution in [0.15, 0.2) is 60.7 Å². The summed E-state index contributed by atoms with van der Waals surface area (Å²) in [5.74, 6) is 1.19. The molecule has 3 aromatic rings. The van der Waals surface area contributed by atoms with Crippen molar-refractivity contribution in [3.05, 3.63) is 77.6 Å². The average Bonchev–Trinajstić information content (AvgIpc) is 3.33. The molecule has 3 heterocycles. The molecule has 1 spiro atoms. The lowest BCUT2D eigenvalue weighted by atomic mass is 9.86. The Bertz CT molecular complexity index is 1240. The van der Waals surface area contributed by atoms with Gasteiger partial charge in [0.1, 0.15) is 36.0 Å². The zero-order valence-electron chi connectivity index (χ0n) is 18.6. The summed E-state index contributed by atoms with van der Waals surface area (Å²) in [6.45, 7) is 0.658. The molecule has 0 radical (unpaired) electrons. The second-order valence-corrected chi connectivity index (χ2v) is 8.58. The van der Waals surface area contributed by atoms with Crippen LogP contribution in [0.1, 0.15) is 36.0 Å². The fourth-order valence-corrected chi connectivity index (χ4v) is 4.68. The summed E-state index contributed by atoms with van der Waals surface area (Å²) < 4.78 is 13.9. The van der Waals surface area contributed by atoms with Gasteiger partial charge in [0.05, 0.1) is 18.0 Å². The van der Waals surface area contributed by atoms with Gasteiger partial charge in [-0.05, 0) is 48.5 Å². The van der Waals surface area contributed by atoms with Gasteiger partial charge in [0, 0.05) is 32.9 Å². The van der Waals surface area contributed by atoms with Gasteiger partial charge < -0.3 is 24.6 Å². The normalized spacial score (nSPS) is 16.7. The topological polar surface area (TPSA) is 108 Å². The Hall–Kier alpha value is -3.80. The van der Waals surface area contributed by atoms with Gasteiger partial charge in [-0.3, -0.25) is 9.36 Å². The molecule has 0 saturated carbocycles. The van der Waals surface area contributed by atoms with E-state index < -0.39 is 11.7 Å². The fourth-order valence-electron chi connectivity index (χ4n) is 4.68. The van der Waals surface area contributed by atoms with Crippen LogP contribution in [0.3, 0.4) is 0 Å². The summed E-state index contributed by atoms with van der Waals surface area (Å²) in [5.41, 5.74) is 2.33. The highest BCUT2D eigenvalue weighted by molar-refractivity contribution is 5.94. The van der Waals surface area contributed by atoms with Crippen molar-refractivity contribution in [3.63, 3.8) is 0 Å². The summed E-state index contributed by atoms with van der Waals surface area (Å²) in [5, 5.41) is 27.9. The molecule has 5 rings (SSSR count). The van der Waals surface area contributed by atoms with E-state index in [1.807, 2.05) is 45.9 Å². The summed E-state index contributed by atoms with van der Waals surface area (Å²) in [7, 11) is 0. The predicted molar refractivity (Wildman–Crippen MR) is 125 cm³/mol. The van der Waals surface area contributed by atoms with E-state index in [9.17, 15) is 15.2 Å². The molecule has 0 unspecified atom stereocenters. The maximum atomic E-state index is 13.1. The van der Waals surface area contributed by atoms with Gasteiger partial charge in [0.2, 0.25) is 0 Å². The van der Waals surface area contributed by atoms with Gasteiger partial charge >= 0.3 is 0 Å². The Morgan fingerprint density at radius 2 is 1.88 bits per heavy atom. The maximum absolute atomic E-state index is 13.1. The number of aromatic nitrogens is 1. The van der Waals surface area contributed by atoms with Gasteiger partial charge in [0.15, 0.2) is 5.60 Å². The minimum Gasteiger partial charge on any atom is -0.491 e. The summed E-state index contributed by atoms with van der Waals surface area (Å²) >= 11 is 0. The van der Waals surface area contributed by atoms with E-state index in [2.05, 4.69) is 6.07 Å². The van der Waals surface area contributed by atoms with Gasteiger partial charge in [-0.1, -0.05) is 12.1 Å². The summed E-state index contributed by atoms with van der Waals surface area (Å²) in [6.07, 6.45) is 0.283. The van der Waals surface area contributed by atoms with Crippen molar-refractivity contribution in [2.75, 3.05) is 26.3 Å². The molecule has 0 bridgehead atoms.